The average Bonchev–Trinajstić information content (AvgIpc) is 4.40. The molecule has 5 heterocycles. The van der Waals surface area contributed by atoms with Gasteiger partial charge in [-0.1, -0.05) is 48.5 Å². The first-order valence-electron chi connectivity index (χ1n) is 25.7. The molecule has 0 radical (unpaired) electrons. The Labute approximate surface area is 479 Å². The van der Waals surface area contributed by atoms with Gasteiger partial charge in [-0.3, -0.25) is 19.7 Å². The summed E-state index contributed by atoms with van der Waals surface area (Å²) in [6.07, 6.45) is 9.43. The standard InChI is InChI=1S/C15H16N2O3.C14H14N2O3.C12H10N2O4.C12H12N2O2.C4H8O.C2H6O.CH4O/c1-11(18)16(2)13-7-5-12(6-8-13)10-17-9-3-4-14(17)15(19)20;1-10(17)15-12-6-4-11(5-7-12)9-16-8-2-3-13(16)14(18)19;15-12(16)11-2-1-7-13(11)8-9-3-5-10(6-4-9)14(17)18;13-10-5-3-9(4-6-10)8-14-7-1-2-11(14)12(15)16;1-2-4-5-3-1;1-2-3;1-2/h3-9H,10H2,1-2H3,(H,19,20);2-8H,9H2,1H3,(H,15,17)(H,18,19);1-7H,8H2,(H,15,16);1-7H,8,13H2,(H,15,16);1-4H2;3H,2H2,1H3;2H,1H3. The zero-order chi connectivity index (χ0) is 61.4. The van der Waals surface area contributed by atoms with Gasteiger partial charge < -0.3 is 69.6 Å². The Balaban J connectivity index is 0.000000275. The van der Waals surface area contributed by atoms with Gasteiger partial charge in [-0.2, -0.15) is 0 Å². The summed E-state index contributed by atoms with van der Waals surface area (Å²) in [4.78, 5) is 77.5. The summed E-state index contributed by atoms with van der Waals surface area (Å²) in [6, 6.07) is 41.2. The molecule has 4 aromatic carbocycles. The fourth-order valence-electron chi connectivity index (χ4n) is 7.53. The molecule has 9 rings (SSSR count). The van der Waals surface area contributed by atoms with Crippen molar-refractivity contribution in [2.75, 3.05) is 49.9 Å². The van der Waals surface area contributed by atoms with Crippen molar-refractivity contribution in [3.63, 3.8) is 0 Å². The van der Waals surface area contributed by atoms with Gasteiger partial charge in [0.2, 0.25) is 11.8 Å². The minimum absolute atomic E-state index is 0.0183. The zero-order valence-electron chi connectivity index (χ0n) is 46.6. The molecule has 9 N–H and O–H groups in total. The summed E-state index contributed by atoms with van der Waals surface area (Å²) in [6.45, 7) is 8.76. The molecule has 4 aromatic heterocycles. The van der Waals surface area contributed by atoms with Crippen LogP contribution < -0.4 is 16.0 Å². The lowest BCUT2D eigenvalue weighted by Crippen LogP contribution is -2.22. The van der Waals surface area contributed by atoms with E-state index in [-0.39, 0.29) is 46.9 Å². The summed E-state index contributed by atoms with van der Waals surface area (Å²) in [5.41, 5.74) is 12.6. The minimum Gasteiger partial charge on any atom is -0.477 e. The van der Waals surface area contributed by atoms with Crippen LogP contribution in [-0.4, -0.2) is 124 Å². The first kappa shape index (κ1) is 67.2. The number of carbonyl (C=O) groups excluding carboxylic acids is 2. The molecular formula is C60H70N8O15. The highest BCUT2D eigenvalue weighted by Crippen LogP contribution is 2.18. The van der Waals surface area contributed by atoms with E-state index in [4.69, 9.17) is 41.1 Å². The molecule has 1 fully saturated rings. The van der Waals surface area contributed by atoms with E-state index >= 15 is 0 Å². The Morgan fingerprint density at radius 2 is 0.855 bits per heavy atom. The topological polar surface area (TPSA) is 337 Å². The number of rotatable bonds is 15. The molecule has 0 bridgehead atoms. The molecule has 0 saturated carbocycles. The normalized spacial score (nSPS) is 10.7. The van der Waals surface area contributed by atoms with E-state index in [1.54, 1.807) is 141 Å². The summed E-state index contributed by atoms with van der Waals surface area (Å²) in [5.74, 6) is -3.95. The lowest BCUT2D eigenvalue weighted by molar-refractivity contribution is -0.384. The number of nitrogens with one attached hydrogen (secondary N) is 1. The van der Waals surface area contributed by atoms with Crippen LogP contribution in [0.15, 0.2) is 170 Å². The Morgan fingerprint density at radius 3 is 1.12 bits per heavy atom. The Morgan fingerprint density at radius 1 is 0.554 bits per heavy atom. The van der Waals surface area contributed by atoms with Gasteiger partial charge in [0.05, 0.1) is 4.92 Å². The second kappa shape index (κ2) is 35.5. The van der Waals surface area contributed by atoms with E-state index in [1.165, 1.54) is 44.9 Å². The van der Waals surface area contributed by atoms with E-state index in [9.17, 15) is 38.9 Å². The number of nitrogens with two attached hydrogens (primary N) is 1. The van der Waals surface area contributed by atoms with Crippen LogP contribution in [0.4, 0.5) is 22.7 Å². The number of aliphatic hydroxyl groups excluding tert-OH is 2. The van der Waals surface area contributed by atoms with E-state index in [0.29, 0.717) is 31.9 Å². The van der Waals surface area contributed by atoms with Gasteiger partial charge in [-0.25, -0.2) is 19.2 Å². The highest BCUT2D eigenvalue weighted by molar-refractivity contribution is 5.91. The third-order valence-electron chi connectivity index (χ3n) is 11.6. The Kier molecular flexibility index (Phi) is 28.7. The van der Waals surface area contributed by atoms with Gasteiger partial charge in [-0.15, -0.1) is 0 Å². The number of anilines is 3. The molecule has 23 heteroatoms. The van der Waals surface area contributed by atoms with E-state index in [0.717, 1.165) is 54.0 Å². The number of nitrogens with zero attached hydrogens (tertiary/aromatic N) is 6. The van der Waals surface area contributed by atoms with Crippen LogP contribution in [0, 0.1) is 10.1 Å². The van der Waals surface area contributed by atoms with Crippen molar-refractivity contribution in [2.24, 2.45) is 0 Å². The predicted molar refractivity (Wildman–Crippen MR) is 313 cm³/mol. The maximum atomic E-state index is 11.3. The number of aromatic carboxylic acids is 4. The molecule has 1 saturated heterocycles. The summed E-state index contributed by atoms with van der Waals surface area (Å²) >= 11 is 0. The summed E-state index contributed by atoms with van der Waals surface area (Å²) in [7, 11) is 2.71. The van der Waals surface area contributed by atoms with Gasteiger partial charge in [0, 0.05) is 128 Å². The van der Waals surface area contributed by atoms with Crippen molar-refractivity contribution in [1.82, 2.24) is 18.3 Å². The van der Waals surface area contributed by atoms with Gasteiger partial charge in [0.1, 0.15) is 22.8 Å². The lowest BCUT2D eigenvalue weighted by Gasteiger charge is -2.15. The number of nitro groups is 1. The van der Waals surface area contributed by atoms with Crippen LogP contribution in [0.25, 0.3) is 0 Å². The van der Waals surface area contributed by atoms with Crippen LogP contribution in [-0.2, 0) is 40.5 Å². The first-order chi connectivity index (χ1) is 39.7. The maximum Gasteiger partial charge on any atom is 0.352 e. The smallest absolute Gasteiger partial charge is 0.352 e. The van der Waals surface area contributed by atoms with Gasteiger partial charge >= 0.3 is 23.9 Å². The van der Waals surface area contributed by atoms with E-state index in [1.807, 2.05) is 48.5 Å². The number of non-ortho nitro benzene ring substituents is 1. The van der Waals surface area contributed by atoms with Crippen LogP contribution in [0.5, 0.6) is 0 Å². The number of carboxylic acid groups (broad SMARTS) is 4. The zero-order valence-corrected chi connectivity index (χ0v) is 46.6. The molecule has 0 unspecified atom stereocenters. The number of carbonyl (C=O) groups is 6. The summed E-state index contributed by atoms with van der Waals surface area (Å²) in [5, 5.41) is 63.7. The molecule has 0 atom stereocenters. The number of nitrogen functional groups attached to an aromatic ring is 1. The molecule has 0 spiro atoms. The van der Waals surface area contributed by atoms with Crippen LogP contribution in [0.1, 0.15) is 97.8 Å². The molecular weight excluding hydrogens is 1070 g/mol. The van der Waals surface area contributed by atoms with Crippen molar-refractivity contribution in [3.8, 4) is 0 Å². The van der Waals surface area contributed by atoms with Crippen molar-refractivity contribution in [1.29, 1.82) is 0 Å². The van der Waals surface area contributed by atoms with Crippen molar-refractivity contribution in [2.45, 2.75) is 59.8 Å². The van der Waals surface area contributed by atoms with Gasteiger partial charge in [0.15, 0.2) is 0 Å². The number of aliphatic hydroxyl groups is 2. The van der Waals surface area contributed by atoms with Crippen LogP contribution in [0.2, 0.25) is 0 Å². The lowest BCUT2D eigenvalue weighted by atomic mass is 10.2. The molecule has 440 valence electrons. The summed E-state index contributed by atoms with van der Waals surface area (Å²) < 4.78 is 11.5. The number of hydrogen-bond donors (Lipinski definition) is 8. The number of amides is 2. The fourth-order valence-corrected chi connectivity index (χ4v) is 7.53. The molecule has 8 aromatic rings. The number of carboxylic acids is 4. The van der Waals surface area contributed by atoms with E-state index in [2.05, 4.69) is 5.32 Å². The average molecular weight is 1140 g/mol. The third-order valence-corrected chi connectivity index (χ3v) is 11.6. The number of hydrogen-bond acceptors (Lipinski definition) is 12. The van der Waals surface area contributed by atoms with E-state index < -0.39 is 28.8 Å². The van der Waals surface area contributed by atoms with Crippen LogP contribution in [0.3, 0.4) is 0 Å². The predicted octanol–water partition coefficient (Wildman–Crippen LogP) is 8.77. The largest absolute Gasteiger partial charge is 0.477 e. The maximum absolute atomic E-state index is 11.3. The van der Waals surface area contributed by atoms with Gasteiger partial charge in [0.25, 0.3) is 5.69 Å². The van der Waals surface area contributed by atoms with Gasteiger partial charge in [-0.05, 0) is 127 Å². The molecule has 1 aliphatic heterocycles. The molecule has 1 aliphatic rings. The second-order valence-corrected chi connectivity index (χ2v) is 17.7. The number of nitro benzene ring substituents is 1. The van der Waals surface area contributed by atoms with Crippen molar-refractivity contribution in [3.05, 3.63) is 226 Å². The Bertz CT molecular complexity index is 3280. The number of aromatic nitrogens is 4. The fraction of sp³-hybridized carbons (Fsp3) is 0.233. The molecule has 2 amide bonds. The number of ether oxygens (including phenoxy) is 1. The molecule has 83 heavy (non-hydrogen) atoms. The minimum atomic E-state index is -0.998. The number of benzene rings is 4. The monoisotopic (exact) mass is 1140 g/mol. The van der Waals surface area contributed by atoms with Crippen LogP contribution >= 0.6 is 0 Å². The van der Waals surface area contributed by atoms with Crippen molar-refractivity contribution >= 4 is 58.4 Å². The molecule has 23 nitrogen and oxygen atoms in total. The first-order valence-corrected chi connectivity index (χ1v) is 25.7. The SMILES string of the molecule is C1CCOC1.CC(=O)N(C)c1ccc(Cn2cccc2C(=O)O)cc1.CC(=O)Nc1ccc(Cn2cccc2C(=O)O)cc1.CCO.CO.Nc1ccc(Cn2cccc2C(=O)O)cc1.O=C(O)c1cccn1Cc1ccc([N+](=O)[O-])cc1. The highest BCUT2D eigenvalue weighted by atomic mass is 16.6. The Hall–Kier alpha value is -10.1. The third kappa shape index (κ3) is 23.3. The van der Waals surface area contributed by atoms with Crippen molar-refractivity contribution < 1.29 is 69.1 Å². The molecule has 0 aliphatic carbocycles. The second-order valence-electron chi connectivity index (χ2n) is 17.7. The highest BCUT2D eigenvalue weighted by Gasteiger charge is 2.13. The quantitative estimate of drug-likeness (QED) is 0.0270.